The molecule has 0 saturated carbocycles. The lowest BCUT2D eigenvalue weighted by Gasteiger charge is -2.11. The van der Waals surface area contributed by atoms with Crippen molar-refractivity contribution < 1.29 is 27.8 Å². The van der Waals surface area contributed by atoms with E-state index >= 15 is 0 Å². The standard InChI is InChI=1S/C15H14N2O6S/c1-22-8-11(15(18)19)10-5-3-4-6-12(10)23-13-7-14(17-9-16-13)24(2,20)21/h3-9H,1-2H3,(H,18,19). The van der Waals surface area contributed by atoms with Crippen molar-refractivity contribution in [2.24, 2.45) is 0 Å². The Labute approximate surface area is 138 Å². The molecule has 8 nitrogen and oxygen atoms in total. The zero-order valence-corrected chi connectivity index (χ0v) is 13.6. The number of benzene rings is 1. The van der Waals surface area contributed by atoms with Crippen LogP contribution >= 0.6 is 0 Å². The molecule has 1 aromatic carbocycles. The van der Waals surface area contributed by atoms with E-state index in [-0.39, 0.29) is 27.8 Å². The van der Waals surface area contributed by atoms with E-state index in [1.54, 1.807) is 12.1 Å². The summed E-state index contributed by atoms with van der Waals surface area (Å²) in [7, 11) is -2.19. The number of aromatic nitrogens is 2. The van der Waals surface area contributed by atoms with Crippen LogP contribution in [0.3, 0.4) is 0 Å². The molecule has 0 amide bonds. The molecule has 1 aromatic heterocycles. The minimum atomic E-state index is -3.52. The number of rotatable bonds is 6. The Bertz CT molecular complexity index is 892. The highest BCUT2D eigenvalue weighted by Gasteiger charge is 2.17. The quantitative estimate of drug-likeness (QED) is 0.476. The van der Waals surface area contributed by atoms with Gasteiger partial charge in [0.05, 0.1) is 13.4 Å². The minimum absolute atomic E-state index is 0.0277. The number of carboxylic acid groups (broad SMARTS) is 1. The molecular formula is C15H14N2O6S. The molecule has 2 aromatic rings. The van der Waals surface area contributed by atoms with Crippen molar-refractivity contribution in [1.82, 2.24) is 9.97 Å². The fraction of sp³-hybridized carbons (Fsp3) is 0.133. The highest BCUT2D eigenvalue weighted by molar-refractivity contribution is 7.90. The number of carboxylic acids is 1. The van der Waals surface area contributed by atoms with Crippen molar-refractivity contribution in [1.29, 1.82) is 0 Å². The van der Waals surface area contributed by atoms with Gasteiger partial charge in [0.15, 0.2) is 14.9 Å². The van der Waals surface area contributed by atoms with Crippen molar-refractivity contribution in [2.75, 3.05) is 13.4 Å². The van der Waals surface area contributed by atoms with Crippen LogP contribution in [0.25, 0.3) is 5.57 Å². The monoisotopic (exact) mass is 350 g/mol. The first-order chi connectivity index (χ1) is 11.3. The Balaban J connectivity index is 2.45. The maximum absolute atomic E-state index is 11.5. The number of nitrogens with zero attached hydrogens (tertiary/aromatic N) is 2. The van der Waals surface area contributed by atoms with E-state index in [0.717, 1.165) is 24.9 Å². The van der Waals surface area contributed by atoms with Crippen molar-refractivity contribution in [3.05, 3.63) is 48.5 Å². The van der Waals surface area contributed by atoms with Gasteiger partial charge in [-0.15, -0.1) is 0 Å². The molecule has 1 N–H and O–H groups in total. The van der Waals surface area contributed by atoms with E-state index in [4.69, 9.17) is 9.47 Å². The van der Waals surface area contributed by atoms with Crippen LogP contribution in [0.1, 0.15) is 5.56 Å². The molecule has 0 fully saturated rings. The second kappa shape index (κ2) is 7.09. The average Bonchev–Trinajstić information content (AvgIpc) is 2.53. The first kappa shape index (κ1) is 17.4. The third-order valence-electron chi connectivity index (χ3n) is 2.85. The molecule has 9 heteroatoms. The van der Waals surface area contributed by atoms with Gasteiger partial charge in [-0.05, 0) is 6.07 Å². The lowest BCUT2D eigenvalue weighted by Crippen LogP contribution is -2.04. The number of carbonyl (C=O) groups is 1. The van der Waals surface area contributed by atoms with Crippen LogP contribution in [0.4, 0.5) is 0 Å². The number of sulfone groups is 1. The van der Waals surface area contributed by atoms with E-state index in [2.05, 4.69) is 9.97 Å². The van der Waals surface area contributed by atoms with Crippen LogP contribution in [-0.2, 0) is 19.4 Å². The van der Waals surface area contributed by atoms with Gasteiger partial charge in [0, 0.05) is 17.9 Å². The summed E-state index contributed by atoms with van der Waals surface area (Å²) in [4.78, 5) is 18.9. The zero-order valence-electron chi connectivity index (χ0n) is 12.8. The molecular weight excluding hydrogens is 336 g/mol. The smallest absolute Gasteiger partial charge is 0.339 e. The summed E-state index contributed by atoms with van der Waals surface area (Å²) in [6.45, 7) is 0. The average molecular weight is 350 g/mol. The molecule has 0 aliphatic heterocycles. The van der Waals surface area contributed by atoms with E-state index in [1.165, 1.54) is 19.2 Å². The van der Waals surface area contributed by atoms with Gasteiger partial charge in [0.25, 0.3) is 0 Å². The molecule has 2 rings (SSSR count). The van der Waals surface area contributed by atoms with Crippen molar-refractivity contribution >= 4 is 21.4 Å². The summed E-state index contributed by atoms with van der Waals surface area (Å²) >= 11 is 0. The highest BCUT2D eigenvalue weighted by atomic mass is 32.2. The molecule has 24 heavy (non-hydrogen) atoms. The maximum atomic E-state index is 11.5. The van der Waals surface area contributed by atoms with Gasteiger partial charge >= 0.3 is 5.97 Å². The SMILES string of the molecule is COC=C(C(=O)O)c1ccccc1Oc1cc(S(C)(=O)=O)ncn1. The minimum Gasteiger partial charge on any atom is -0.503 e. The van der Waals surface area contributed by atoms with Crippen LogP contribution in [0.5, 0.6) is 11.6 Å². The van der Waals surface area contributed by atoms with Gasteiger partial charge in [-0.1, -0.05) is 18.2 Å². The zero-order chi connectivity index (χ0) is 17.7. The molecule has 0 radical (unpaired) electrons. The number of ether oxygens (including phenoxy) is 2. The Morgan fingerprint density at radius 3 is 2.58 bits per heavy atom. The third kappa shape index (κ3) is 4.07. The van der Waals surface area contributed by atoms with Crippen LogP contribution < -0.4 is 4.74 Å². The van der Waals surface area contributed by atoms with Crippen molar-refractivity contribution in [2.45, 2.75) is 5.03 Å². The van der Waals surface area contributed by atoms with Gasteiger partial charge in [-0.2, -0.15) is 0 Å². The van der Waals surface area contributed by atoms with Gasteiger partial charge in [0.2, 0.25) is 5.88 Å². The molecule has 0 spiro atoms. The number of para-hydroxylation sites is 1. The van der Waals surface area contributed by atoms with Gasteiger partial charge in [-0.3, -0.25) is 0 Å². The van der Waals surface area contributed by atoms with Crippen LogP contribution in [0.15, 0.2) is 47.9 Å². The topological polar surface area (TPSA) is 116 Å². The highest BCUT2D eigenvalue weighted by Crippen LogP contribution is 2.30. The lowest BCUT2D eigenvalue weighted by molar-refractivity contribution is -0.130. The van der Waals surface area contributed by atoms with Gasteiger partial charge in [0.1, 0.15) is 17.6 Å². The van der Waals surface area contributed by atoms with E-state index in [9.17, 15) is 18.3 Å². The lowest BCUT2D eigenvalue weighted by atomic mass is 10.1. The van der Waals surface area contributed by atoms with Crippen molar-refractivity contribution in [3.8, 4) is 11.6 Å². The number of hydrogen-bond donors (Lipinski definition) is 1. The molecule has 0 bridgehead atoms. The Morgan fingerprint density at radius 2 is 1.96 bits per heavy atom. The van der Waals surface area contributed by atoms with Crippen LogP contribution in [-0.4, -0.2) is 42.8 Å². The molecule has 0 aliphatic carbocycles. The first-order valence-corrected chi connectivity index (χ1v) is 8.47. The predicted octanol–water partition coefficient (Wildman–Crippen LogP) is 1.74. The third-order valence-corrected chi connectivity index (χ3v) is 3.84. The Kier molecular flexibility index (Phi) is 5.14. The summed E-state index contributed by atoms with van der Waals surface area (Å²) in [6, 6.07) is 7.50. The Morgan fingerprint density at radius 1 is 1.25 bits per heavy atom. The molecule has 0 atom stereocenters. The summed E-state index contributed by atoms with van der Waals surface area (Å²) in [5.74, 6) is -1.05. The molecule has 0 unspecified atom stereocenters. The maximum Gasteiger partial charge on any atom is 0.339 e. The van der Waals surface area contributed by atoms with E-state index < -0.39 is 15.8 Å². The summed E-state index contributed by atoms with van der Waals surface area (Å²) < 4.78 is 33.4. The normalized spacial score (nSPS) is 11.8. The second-order valence-electron chi connectivity index (χ2n) is 4.64. The number of aliphatic carboxylic acids is 1. The number of hydrogen-bond acceptors (Lipinski definition) is 7. The van der Waals surface area contributed by atoms with Crippen LogP contribution in [0, 0.1) is 0 Å². The first-order valence-electron chi connectivity index (χ1n) is 6.58. The van der Waals surface area contributed by atoms with E-state index in [1.807, 2.05) is 0 Å². The molecule has 0 aliphatic rings. The molecule has 0 saturated heterocycles. The largest absolute Gasteiger partial charge is 0.503 e. The summed E-state index contributed by atoms with van der Waals surface area (Å²) in [5.41, 5.74) is 0.136. The summed E-state index contributed by atoms with van der Waals surface area (Å²) in [5, 5.41) is 9.09. The predicted molar refractivity (Wildman–Crippen MR) is 84.3 cm³/mol. The molecule has 126 valence electrons. The van der Waals surface area contributed by atoms with Gasteiger partial charge in [-0.25, -0.2) is 23.2 Å². The fourth-order valence-corrected chi connectivity index (χ4v) is 2.37. The Hall–Kier alpha value is -2.94. The fourth-order valence-electron chi connectivity index (χ4n) is 1.82. The second-order valence-corrected chi connectivity index (χ2v) is 6.60. The van der Waals surface area contributed by atoms with Gasteiger partial charge < -0.3 is 14.6 Å². The number of methoxy groups -OCH3 is 1. The van der Waals surface area contributed by atoms with E-state index in [0.29, 0.717) is 0 Å². The van der Waals surface area contributed by atoms with Crippen molar-refractivity contribution in [3.63, 3.8) is 0 Å². The molecule has 1 heterocycles. The summed E-state index contributed by atoms with van der Waals surface area (Å²) in [6.07, 6.45) is 3.14. The van der Waals surface area contributed by atoms with Crippen LogP contribution in [0.2, 0.25) is 0 Å².